The summed E-state index contributed by atoms with van der Waals surface area (Å²) in [5, 5.41) is 14.1. The number of carbonyl (C=O) groups is 1. The molecule has 1 amide bonds. The van der Waals surface area contributed by atoms with Crippen LogP contribution >= 0.6 is 11.6 Å². The third kappa shape index (κ3) is 4.59. The predicted octanol–water partition coefficient (Wildman–Crippen LogP) is 7.13. The second kappa shape index (κ2) is 9.03. The Morgan fingerprint density at radius 2 is 1.97 bits per heavy atom. The van der Waals surface area contributed by atoms with Gasteiger partial charge in [-0.15, -0.1) is 0 Å². The van der Waals surface area contributed by atoms with Gasteiger partial charge in [0, 0.05) is 22.8 Å². The summed E-state index contributed by atoms with van der Waals surface area (Å²) in [6.07, 6.45) is 1.03. The summed E-state index contributed by atoms with van der Waals surface area (Å²) in [6.45, 7) is 5.90. The summed E-state index contributed by atoms with van der Waals surface area (Å²) < 4.78 is 5.93. The lowest BCUT2D eigenvalue weighted by molar-refractivity contribution is -0.385. The van der Waals surface area contributed by atoms with E-state index in [1.807, 2.05) is 18.2 Å². The Morgan fingerprint density at radius 3 is 2.67 bits per heavy atom. The van der Waals surface area contributed by atoms with Gasteiger partial charge in [-0.2, -0.15) is 0 Å². The van der Waals surface area contributed by atoms with Crippen molar-refractivity contribution in [1.29, 1.82) is 0 Å². The summed E-state index contributed by atoms with van der Waals surface area (Å²) in [5.41, 5.74) is 4.35. The van der Waals surface area contributed by atoms with Crippen molar-refractivity contribution >= 4 is 40.0 Å². The van der Waals surface area contributed by atoms with Crippen LogP contribution in [0.5, 0.6) is 0 Å². The number of anilines is 1. The Morgan fingerprint density at radius 1 is 1.18 bits per heavy atom. The molecule has 0 bridgehead atoms. The molecular weight excluding hydrogens is 442 g/mol. The third-order valence-electron chi connectivity index (χ3n) is 5.71. The van der Waals surface area contributed by atoms with Gasteiger partial charge in [-0.25, -0.2) is 4.98 Å². The van der Waals surface area contributed by atoms with Crippen LogP contribution in [0.2, 0.25) is 5.02 Å². The lowest BCUT2D eigenvalue weighted by Crippen LogP contribution is -2.12. The molecular formula is C25H22ClN3O4. The first-order chi connectivity index (χ1) is 15.8. The topological polar surface area (TPSA) is 98.3 Å². The van der Waals surface area contributed by atoms with Crippen molar-refractivity contribution in [1.82, 2.24) is 4.98 Å². The van der Waals surface area contributed by atoms with Crippen LogP contribution in [0.3, 0.4) is 0 Å². The lowest BCUT2D eigenvalue weighted by atomic mass is 9.98. The molecule has 4 rings (SSSR count). The average molecular weight is 464 g/mol. The van der Waals surface area contributed by atoms with Gasteiger partial charge >= 0.3 is 0 Å². The van der Waals surface area contributed by atoms with Crippen LogP contribution < -0.4 is 5.32 Å². The first kappa shape index (κ1) is 22.5. The fourth-order valence-electron chi connectivity index (χ4n) is 3.56. The minimum absolute atomic E-state index is 0.0426. The number of hydrogen-bond donors (Lipinski definition) is 1. The zero-order valence-corrected chi connectivity index (χ0v) is 19.1. The lowest BCUT2D eigenvalue weighted by Gasteiger charge is -2.09. The number of benzene rings is 3. The Bertz CT molecular complexity index is 1380. The highest BCUT2D eigenvalue weighted by atomic mass is 35.5. The summed E-state index contributed by atoms with van der Waals surface area (Å²) in [4.78, 5) is 27.9. The van der Waals surface area contributed by atoms with E-state index < -0.39 is 10.8 Å². The molecule has 1 aromatic heterocycles. The van der Waals surface area contributed by atoms with Crippen molar-refractivity contribution in [2.24, 2.45) is 0 Å². The van der Waals surface area contributed by atoms with Gasteiger partial charge in [-0.1, -0.05) is 31.5 Å². The van der Waals surface area contributed by atoms with Crippen LogP contribution in [-0.4, -0.2) is 15.8 Å². The summed E-state index contributed by atoms with van der Waals surface area (Å²) in [5.74, 6) is 0.419. The van der Waals surface area contributed by atoms with Crippen LogP contribution in [0.25, 0.3) is 22.6 Å². The fraction of sp³-hybridized carbons (Fsp3) is 0.200. The van der Waals surface area contributed by atoms with E-state index in [0.717, 1.165) is 11.9 Å². The van der Waals surface area contributed by atoms with E-state index >= 15 is 0 Å². The SMILES string of the molecule is CC[C@@H](C)c1ccc2oc(-c3ccc(Cl)c(NC(=O)c4ccc([N+](=O)[O-])c(C)c4)c3)nc2c1. The number of nitro benzene ring substituents is 1. The van der Waals surface area contributed by atoms with Gasteiger partial charge in [0.05, 0.1) is 15.6 Å². The first-order valence-corrected chi connectivity index (χ1v) is 10.9. The molecule has 0 radical (unpaired) electrons. The molecule has 8 heteroatoms. The van der Waals surface area contributed by atoms with Crippen molar-refractivity contribution in [2.45, 2.75) is 33.1 Å². The van der Waals surface area contributed by atoms with Gasteiger partial charge in [-0.3, -0.25) is 14.9 Å². The van der Waals surface area contributed by atoms with Crippen LogP contribution in [0.4, 0.5) is 11.4 Å². The normalized spacial score (nSPS) is 12.0. The van der Waals surface area contributed by atoms with Crippen molar-refractivity contribution in [3.8, 4) is 11.5 Å². The molecule has 7 nitrogen and oxygen atoms in total. The Balaban J connectivity index is 1.62. The number of halogens is 1. The number of nitro groups is 1. The fourth-order valence-corrected chi connectivity index (χ4v) is 3.73. The van der Waals surface area contributed by atoms with Crippen LogP contribution in [0.1, 0.15) is 47.7 Å². The van der Waals surface area contributed by atoms with E-state index in [1.165, 1.54) is 23.8 Å². The van der Waals surface area contributed by atoms with Crippen molar-refractivity contribution < 1.29 is 14.1 Å². The maximum atomic E-state index is 12.7. The molecule has 3 aromatic carbocycles. The number of fused-ring (bicyclic) bond motifs is 1. The maximum absolute atomic E-state index is 12.7. The summed E-state index contributed by atoms with van der Waals surface area (Å²) >= 11 is 6.31. The molecule has 0 saturated heterocycles. The molecule has 0 aliphatic carbocycles. The highest BCUT2D eigenvalue weighted by Crippen LogP contribution is 2.32. The number of hydrogen-bond acceptors (Lipinski definition) is 5. The van der Waals surface area contributed by atoms with E-state index in [0.29, 0.717) is 44.8 Å². The molecule has 168 valence electrons. The van der Waals surface area contributed by atoms with E-state index in [-0.39, 0.29) is 5.69 Å². The maximum Gasteiger partial charge on any atom is 0.272 e. The highest BCUT2D eigenvalue weighted by molar-refractivity contribution is 6.34. The van der Waals surface area contributed by atoms with Crippen molar-refractivity contribution in [2.75, 3.05) is 5.32 Å². The van der Waals surface area contributed by atoms with E-state index in [2.05, 4.69) is 24.1 Å². The number of aromatic nitrogens is 1. The Labute approximate surface area is 195 Å². The number of oxazole rings is 1. The second-order valence-electron chi connectivity index (χ2n) is 7.96. The monoisotopic (exact) mass is 463 g/mol. The number of amides is 1. The molecule has 0 fully saturated rings. The average Bonchev–Trinajstić information content (AvgIpc) is 3.23. The van der Waals surface area contributed by atoms with E-state index in [1.54, 1.807) is 25.1 Å². The second-order valence-corrected chi connectivity index (χ2v) is 8.37. The smallest absolute Gasteiger partial charge is 0.272 e. The van der Waals surface area contributed by atoms with Gasteiger partial charge in [0.15, 0.2) is 5.58 Å². The highest BCUT2D eigenvalue weighted by Gasteiger charge is 2.17. The molecule has 0 spiro atoms. The minimum atomic E-state index is -0.483. The van der Waals surface area contributed by atoms with Crippen molar-refractivity contribution in [3.63, 3.8) is 0 Å². The van der Waals surface area contributed by atoms with Gasteiger partial charge in [0.25, 0.3) is 11.6 Å². The van der Waals surface area contributed by atoms with Crippen molar-refractivity contribution in [3.05, 3.63) is 86.4 Å². The molecule has 0 unspecified atom stereocenters. The van der Waals surface area contributed by atoms with Gasteiger partial charge < -0.3 is 9.73 Å². The number of nitrogens with one attached hydrogen (secondary N) is 1. The van der Waals surface area contributed by atoms with Crippen LogP contribution in [-0.2, 0) is 0 Å². The number of nitrogens with zero attached hydrogens (tertiary/aromatic N) is 2. The zero-order valence-electron chi connectivity index (χ0n) is 18.4. The number of carbonyl (C=O) groups excluding carboxylic acids is 1. The van der Waals surface area contributed by atoms with Crippen LogP contribution in [0, 0.1) is 17.0 Å². The molecule has 33 heavy (non-hydrogen) atoms. The third-order valence-corrected chi connectivity index (χ3v) is 6.04. The summed E-state index contributed by atoms with van der Waals surface area (Å²) in [6, 6.07) is 15.3. The molecule has 1 N–H and O–H groups in total. The standard InChI is InChI=1S/C25H22ClN3O4/c1-4-14(2)16-7-10-23-21(12-16)28-25(33-23)18-5-8-19(26)20(13-18)27-24(30)17-6-9-22(29(31)32)15(3)11-17/h5-14H,4H2,1-3H3,(H,27,30)/t14-/m1/s1. The van der Waals surface area contributed by atoms with Gasteiger partial charge in [-0.05, 0) is 67.3 Å². The summed E-state index contributed by atoms with van der Waals surface area (Å²) in [7, 11) is 0. The molecule has 0 aliphatic heterocycles. The number of aryl methyl sites for hydroxylation is 1. The predicted molar refractivity (Wildman–Crippen MR) is 129 cm³/mol. The van der Waals surface area contributed by atoms with E-state index in [4.69, 9.17) is 16.0 Å². The Hall–Kier alpha value is -3.71. The minimum Gasteiger partial charge on any atom is -0.436 e. The largest absolute Gasteiger partial charge is 0.436 e. The van der Waals surface area contributed by atoms with Gasteiger partial charge in [0.2, 0.25) is 5.89 Å². The van der Waals surface area contributed by atoms with E-state index in [9.17, 15) is 14.9 Å². The van der Waals surface area contributed by atoms with Crippen LogP contribution in [0.15, 0.2) is 59.0 Å². The molecule has 1 heterocycles. The first-order valence-electron chi connectivity index (χ1n) is 10.5. The quantitative estimate of drug-likeness (QED) is 0.242. The number of rotatable bonds is 6. The molecule has 1 atom stereocenters. The Kier molecular flexibility index (Phi) is 6.16. The molecule has 0 aliphatic rings. The zero-order chi connectivity index (χ0) is 23.7. The molecule has 4 aromatic rings. The molecule has 0 saturated carbocycles. The van der Waals surface area contributed by atoms with Gasteiger partial charge in [0.1, 0.15) is 5.52 Å².